The van der Waals surface area contributed by atoms with Gasteiger partial charge in [-0.25, -0.2) is 0 Å². The molecule has 0 saturated heterocycles. The summed E-state index contributed by atoms with van der Waals surface area (Å²) in [6.07, 6.45) is 2.44. The van der Waals surface area contributed by atoms with E-state index in [0.29, 0.717) is 10.6 Å². The number of hydrogen-bond donors (Lipinski definition) is 1. The summed E-state index contributed by atoms with van der Waals surface area (Å²) in [5.74, 6) is -0.0654. The van der Waals surface area contributed by atoms with Gasteiger partial charge < -0.3 is 5.73 Å². The lowest BCUT2D eigenvalue weighted by molar-refractivity contribution is -0.120. The summed E-state index contributed by atoms with van der Waals surface area (Å²) in [5, 5.41) is 0.197. The molecule has 0 aliphatic heterocycles. The maximum Gasteiger partial charge on any atom is 0.178 e. The van der Waals surface area contributed by atoms with E-state index in [0.717, 1.165) is 11.9 Å². The van der Waals surface area contributed by atoms with Crippen molar-refractivity contribution in [3.05, 3.63) is 46.4 Å². The van der Waals surface area contributed by atoms with E-state index >= 15 is 0 Å². The summed E-state index contributed by atoms with van der Waals surface area (Å²) in [4.78, 5) is 12.4. The third kappa shape index (κ3) is 1.86. The van der Waals surface area contributed by atoms with Crippen LogP contribution in [0.2, 0.25) is 10.2 Å². The molecule has 1 atom stereocenters. The monoisotopic (exact) mass is 257 g/mol. The number of rotatable bonds is 1. The van der Waals surface area contributed by atoms with Crippen LogP contribution in [0.3, 0.4) is 0 Å². The zero-order valence-electron chi connectivity index (χ0n) is 11.0. The lowest BCUT2D eigenvalue weighted by Crippen LogP contribution is -2.56. The molecule has 1 aromatic rings. The third-order valence-corrected chi connectivity index (χ3v) is 4.18. The largest absolute Gasteiger partial charge is 0.316 e. The van der Waals surface area contributed by atoms with Crippen LogP contribution in [0, 0.1) is 0 Å². The summed E-state index contributed by atoms with van der Waals surface area (Å²) in [6.45, 7) is 0. The van der Waals surface area contributed by atoms with Crippen LogP contribution in [0.15, 0.2) is 35.8 Å². The van der Waals surface area contributed by atoms with Gasteiger partial charge in [-0.2, -0.15) is 0 Å². The number of carbonyl (C=O) groups excluding carboxylic acids is 1. The van der Waals surface area contributed by atoms with Crippen LogP contribution in [0.4, 0.5) is 0 Å². The van der Waals surface area contributed by atoms with Crippen LogP contribution in [0.25, 0.3) is 0 Å². The standard InChI is InChI=1S/C12H15B3ClNO/c13-7-5-10(18)12(17,11(14,15)6-7)8-3-1-2-4-9(8)16/h1-5H,6,13-15,17H2. The van der Waals surface area contributed by atoms with E-state index in [1.165, 1.54) is 0 Å². The third-order valence-electron chi connectivity index (χ3n) is 3.85. The molecule has 0 amide bonds. The van der Waals surface area contributed by atoms with Crippen molar-refractivity contribution in [2.75, 3.05) is 0 Å². The van der Waals surface area contributed by atoms with Crippen LogP contribution < -0.4 is 5.73 Å². The second-order valence-corrected chi connectivity index (χ2v) is 6.11. The molecule has 90 valence electrons. The molecule has 1 aliphatic carbocycles. The molecule has 1 aliphatic rings. The molecule has 0 spiro atoms. The van der Waals surface area contributed by atoms with Gasteiger partial charge in [-0.3, -0.25) is 4.79 Å². The molecular weight excluding hydrogens is 242 g/mol. The minimum Gasteiger partial charge on any atom is -0.316 e. The SMILES string of the molecule is BC1=CC(=O)C(N)(c2ccccc2Cl)C(B)(B)C1. The Balaban J connectivity index is 2.66. The van der Waals surface area contributed by atoms with Crippen LogP contribution in [0.1, 0.15) is 12.0 Å². The average Bonchev–Trinajstić information content (AvgIpc) is 2.25. The number of benzene rings is 1. The van der Waals surface area contributed by atoms with Gasteiger partial charge in [0.2, 0.25) is 0 Å². The smallest absolute Gasteiger partial charge is 0.178 e. The Hall–Kier alpha value is -0.925. The van der Waals surface area contributed by atoms with Crippen molar-refractivity contribution in [1.29, 1.82) is 0 Å². The molecule has 6 heteroatoms. The van der Waals surface area contributed by atoms with Crippen molar-refractivity contribution in [3.8, 4) is 0 Å². The zero-order chi connectivity index (χ0) is 13.6. The van der Waals surface area contributed by atoms with E-state index in [2.05, 4.69) is 0 Å². The van der Waals surface area contributed by atoms with Crippen molar-refractivity contribution >= 4 is 40.9 Å². The summed E-state index contributed by atoms with van der Waals surface area (Å²) < 4.78 is 0. The summed E-state index contributed by atoms with van der Waals surface area (Å²) in [7, 11) is 6.00. The van der Waals surface area contributed by atoms with Gasteiger partial charge in [-0.05, 0) is 24.1 Å². The molecule has 1 aromatic carbocycles. The molecule has 0 heterocycles. The van der Waals surface area contributed by atoms with E-state index in [1.807, 2.05) is 41.7 Å². The van der Waals surface area contributed by atoms with Crippen molar-refractivity contribution in [2.45, 2.75) is 17.2 Å². The maximum atomic E-state index is 12.4. The van der Waals surface area contributed by atoms with Crippen molar-refractivity contribution < 1.29 is 4.79 Å². The van der Waals surface area contributed by atoms with Crippen molar-refractivity contribution in [3.63, 3.8) is 0 Å². The fourth-order valence-electron chi connectivity index (χ4n) is 2.84. The highest BCUT2D eigenvalue weighted by atomic mass is 35.5. The molecule has 0 radical (unpaired) electrons. The Morgan fingerprint density at radius 1 is 1.28 bits per heavy atom. The number of nitrogens with two attached hydrogens (primary N) is 1. The van der Waals surface area contributed by atoms with Gasteiger partial charge in [0.15, 0.2) is 5.78 Å². The molecule has 2 rings (SSSR count). The zero-order valence-corrected chi connectivity index (χ0v) is 11.7. The van der Waals surface area contributed by atoms with Crippen LogP contribution >= 0.6 is 11.6 Å². The first-order valence-electron chi connectivity index (χ1n) is 6.04. The fourth-order valence-corrected chi connectivity index (χ4v) is 3.12. The Morgan fingerprint density at radius 3 is 2.44 bits per heavy atom. The van der Waals surface area contributed by atoms with Gasteiger partial charge >= 0.3 is 0 Å². The highest BCUT2D eigenvalue weighted by molar-refractivity contribution is 6.45. The van der Waals surface area contributed by atoms with Crippen LogP contribution in [-0.2, 0) is 10.3 Å². The Morgan fingerprint density at radius 2 is 1.89 bits per heavy atom. The first-order valence-corrected chi connectivity index (χ1v) is 6.42. The molecule has 18 heavy (non-hydrogen) atoms. The highest BCUT2D eigenvalue weighted by Gasteiger charge is 2.50. The normalized spacial score (nSPS) is 26.8. The predicted molar refractivity (Wildman–Crippen MR) is 83.3 cm³/mol. The van der Waals surface area contributed by atoms with E-state index in [-0.39, 0.29) is 11.0 Å². The molecule has 0 aromatic heterocycles. The Bertz CT molecular complexity index is 544. The average molecular weight is 257 g/mol. The van der Waals surface area contributed by atoms with E-state index in [4.69, 9.17) is 17.3 Å². The van der Waals surface area contributed by atoms with Gasteiger partial charge in [-0.15, -0.1) is 5.47 Å². The first kappa shape index (κ1) is 13.5. The lowest BCUT2D eigenvalue weighted by atomic mass is 9.38. The van der Waals surface area contributed by atoms with Crippen molar-refractivity contribution in [2.24, 2.45) is 5.73 Å². The van der Waals surface area contributed by atoms with E-state index in [1.54, 1.807) is 12.1 Å². The Kier molecular flexibility index (Phi) is 3.24. The van der Waals surface area contributed by atoms with Gasteiger partial charge in [0.1, 0.15) is 23.5 Å². The quantitative estimate of drug-likeness (QED) is 0.680. The van der Waals surface area contributed by atoms with E-state index in [9.17, 15) is 4.79 Å². The molecule has 2 N–H and O–H groups in total. The lowest BCUT2D eigenvalue weighted by Gasteiger charge is -2.46. The van der Waals surface area contributed by atoms with Crippen LogP contribution in [0.5, 0.6) is 0 Å². The van der Waals surface area contributed by atoms with Gasteiger partial charge in [-0.1, -0.05) is 35.0 Å². The van der Waals surface area contributed by atoms with Crippen molar-refractivity contribution in [1.82, 2.24) is 0 Å². The first-order chi connectivity index (χ1) is 8.29. The minimum atomic E-state index is -1.05. The molecule has 2 nitrogen and oxygen atoms in total. The fraction of sp³-hybridized carbons (Fsp3) is 0.250. The molecule has 1 unspecified atom stereocenters. The van der Waals surface area contributed by atoms with Crippen LogP contribution in [-0.4, -0.2) is 29.3 Å². The van der Waals surface area contributed by atoms with Gasteiger partial charge in [0.25, 0.3) is 0 Å². The number of allylic oxidation sites excluding steroid dienone is 1. The summed E-state index contributed by atoms with van der Waals surface area (Å²) in [5.41, 5.74) is 7.22. The molecular formula is C12H15B3ClNO. The van der Waals surface area contributed by atoms with Gasteiger partial charge in [0, 0.05) is 5.02 Å². The minimum absolute atomic E-state index is 0.0654. The Labute approximate surface area is 115 Å². The second kappa shape index (κ2) is 4.32. The number of ketones is 1. The molecule has 0 saturated carbocycles. The van der Waals surface area contributed by atoms with E-state index < -0.39 is 5.54 Å². The highest BCUT2D eigenvalue weighted by Crippen LogP contribution is 2.48. The van der Waals surface area contributed by atoms with Gasteiger partial charge in [0.05, 0.1) is 5.54 Å². The summed E-state index contributed by atoms with van der Waals surface area (Å²) in [6, 6.07) is 7.33. The number of carbonyl (C=O) groups is 1. The molecule has 0 bridgehead atoms. The number of halogens is 1. The summed E-state index contributed by atoms with van der Waals surface area (Å²) >= 11 is 6.22. The predicted octanol–water partition coefficient (Wildman–Crippen LogP) is -0.634. The maximum absolute atomic E-state index is 12.4. The second-order valence-electron chi connectivity index (χ2n) is 5.70. The number of hydrogen-bond acceptors (Lipinski definition) is 2. The molecule has 0 fully saturated rings. The topological polar surface area (TPSA) is 43.1 Å².